The van der Waals surface area contributed by atoms with Crippen LogP contribution in [-0.2, 0) is 6.61 Å². The van der Waals surface area contributed by atoms with Crippen molar-refractivity contribution in [2.75, 3.05) is 0 Å². The number of hydrogen-bond donors (Lipinski definition) is 0. The molecule has 5 nitrogen and oxygen atoms in total. The molecule has 3 aromatic heterocycles. The molecule has 1 aromatic carbocycles. The minimum atomic E-state index is 0.390. The van der Waals surface area contributed by atoms with Crippen LogP contribution in [0.5, 0.6) is 5.88 Å². The molecule has 0 unspecified atom stereocenters. The molecule has 0 spiro atoms. The molecule has 0 saturated heterocycles. The highest BCUT2D eigenvalue weighted by Gasteiger charge is 2.11. The highest BCUT2D eigenvalue weighted by Crippen LogP contribution is 2.25. The topological polar surface area (TPSA) is 52.3 Å². The number of aryl methyl sites for hydroxylation is 1. The van der Waals surface area contributed by atoms with E-state index in [-0.39, 0.29) is 0 Å². The van der Waals surface area contributed by atoms with E-state index in [1.54, 1.807) is 6.20 Å². The Kier molecular flexibility index (Phi) is 2.96. The average molecular weight is 290 g/mol. The Hall–Kier alpha value is -2.95. The maximum Gasteiger partial charge on any atom is 0.225 e. The van der Waals surface area contributed by atoms with Crippen molar-refractivity contribution in [2.24, 2.45) is 0 Å². The molecule has 0 atom stereocenters. The lowest BCUT2D eigenvalue weighted by molar-refractivity contribution is 0.294. The van der Waals surface area contributed by atoms with Gasteiger partial charge in [-0.2, -0.15) is 10.1 Å². The molecule has 4 aromatic rings. The molecule has 0 saturated carbocycles. The fraction of sp³-hybridized carbons (Fsp3) is 0.118. The maximum atomic E-state index is 5.91. The molecule has 4 rings (SSSR count). The zero-order chi connectivity index (χ0) is 14.9. The summed E-state index contributed by atoms with van der Waals surface area (Å²) in [6.07, 6.45) is 1.76. The van der Waals surface area contributed by atoms with Crippen molar-refractivity contribution in [3.05, 3.63) is 66.1 Å². The third kappa shape index (κ3) is 2.16. The SMILES string of the molecule is Cc1cc2nc(OCc3ccccn3)c3ccccc3n2n1. The molecule has 0 N–H and O–H groups in total. The van der Waals surface area contributed by atoms with Gasteiger partial charge in [0.25, 0.3) is 0 Å². The second kappa shape index (κ2) is 5.11. The van der Waals surface area contributed by atoms with Crippen LogP contribution in [0.25, 0.3) is 16.6 Å². The van der Waals surface area contributed by atoms with Crippen molar-refractivity contribution in [1.82, 2.24) is 19.6 Å². The summed E-state index contributed by atoms with van der Waals surface area (Å²) in [5.74, 6) is 0.605. The van der Waals surface area contributed by atoms with Crippen molar-refractivity contribution in [1.29, 1.82) is 0 Å². The van der Waals surface area contributed by atoms with Gasteiger partial charge in [0.1, 0.15) is 6.61 Å². The third-order valence-corrected chi connectivity index (χ3v) is 3.47. The molecule has 5 heteroatoms. The monoisotopic (exact) mass is 290 g/mol. The summed E-state index contributed by atoms with van der Waals surface area (Å²) in [7, 11) is 0. The molecule has 0 radical (unpaired) electrons. The molecule has 0 fully saturated rings. The summed E-state index contributed by atoms with van der Waals surface area (Å²) in [5.41, 5.74) is 3.57. The predicted octanol–water partition coefficient (Wildman–Crippen LogP) is 3.16. The van der Waals surface area contributed by atoms with Gasteiger partial charge in [-0.15, -0.1) is 0 Å². The van der Waals surface area contributed by atoms with Crippen LogP contribution in [-0.4, -0.2) is 19.6 Å². The first-order chi connectivity index (χ1) is 10.8. The summed E-state index contributed by atoms with van der Waals surface area (Å²) in [6, 6.07) is 15.7. The molecule has 22 heavy (non-hydrogen) atoms. The zero-order valence-corrected chi connectivity index (χ0v) is 12.1. The zero-order valence-electron chi connectivity index (χ0n) is 12.1. The van der Waals surface area contributed by atoms with Gasteiger partial charge in [-0.1, -0.05) is 18.2 Å². The second-order valence-electron chi connectivity index (χ2n) is 5.10. The lowest BCUT2D eigenvalue weighted by atomic mass is 10.2. The lowest BCUT2D eigenvalue weighted by Crippen LogP contribution is -2.02. The number of fused-ring (bicyclic) bond motifs is 3. The summed E-state index contributed by atoms with van der Waals surface area (Å²) >= 11 is 0. The Morgan fingerprint density at radius 1 is 1.09 bits per heavy atom. The van der Waals surface area contributed by atoms with Gasteiger partial charge in [0.15, 0.2) is 5.65 Å². The number of hydrogen-bond acceptors (Lipinski definition) is 4. The fourth-order valence-corrected chi connectivity index (χ4v) is 2.48. The molecular formula is C17H14N4O. The molecular weight excluding hydrogens is 276 g/mol. The van der Waals surface area contributed by atoms with Crippen LogP contribution in [0.2, 0.25) is 0 Å². The Bertz CT molecular complexity index is 947. The normalized spacial score (nSPS) is 11.1. The fourth-order valence-electron chi connectivity index (χ4n) is 2.48. The number of nitrogens with zero attached hydrogens (tertiary/aromatic N) is 4. The highest BCUT2D eigenvalue weighted by atomic mass is 16.5. The van der Waals surface area contributed by atoms with Gasteiger partial charge in [-0.3, -0.25) is 4.98 Å². The Balaban J connectivity index is 1.81. The molecule has 0 amide bonds. The first kappa shape index (κ1) is 12.8. The van der Waals surface area contributed by atoms with Crippen LogP contribution in [0, 0.1) is 6.92 Å². The van der Waals surface area contributed by atoms with E-state index in [0.717, 1.165) is 27.9 Å². The number of ether oxygens (including phenoxy) is 1. The van der Waals surface area contributed by atoms with E-state index >= 15 is 0 Å². The highest BCUT2D eigenvalue weighted by molar-refractivity contribution is 5.85. The molecule has 0 aliphatic carbocycles. The standard InChI is InChI=1S/C17H14N4O/c1-12-10-16-19-17(22-11-13-6-4-5-9-18-13)14-7-2-3-8-15(14)21(16)20-12/h2-10H,11H2,1H3. The predicted molar refractivity (Wildman–Crippen MR) is 83.8 cm³/mol. The van der Waals surface area contributed by atoms with Crippen LogP contribution in [0.15, 0.2) is 54.7 Å². The average Bonchev–Trinajstić information content (AvgIpc) is 2.94. The number of pyridine rings is 1. The molecule has 0 bridgehead atoms. The van der Waals surface area contributed by atoms with E-state index in [2.05, 4.69) is 15.1 Å². The minimum Gasteiger partial charge on any atom is -0.471 e. The van der Waals surface area contributed by atoms with E-state index in [0.29, 0.717) is 12.5 Å². The number of benzene rings is 1. The Labute approximate surface area is 127 Å². The van der Waals surface area contributed by atoms with Crippen LogP contribution in [0.3, 0.4) is 0 Å². The molecule has 0 aliphatic rings. The van der Waals surface area contributed by atoms with Gasteiger partial charge in [-0.25, -0.2) is 4.52 Å². The van der Waals surface area contributed by atoms with E-state index < -0.39 is 0 Å². The van der Waals surface area contributed by atoms with Crippen molar-refractivity contribution in [2.45, 2.75) is 13.5 Å². The van der Waals surface area contributed by atoms with Crippen LogP contribution < -0.4 is 4.74 Å². The van der Waals surface area contributed by atoms with Crippen LogP contribution in [0.1, 0.15) is 11.4 Å². The quantitative estimate of drug-likeness (QED) is 0.581. The van der Waals surface area contributed by atoms with E-state index in [4.69, 9.17) is 4.74 Å². The summed E-state index contributed by atoms with van der Waals surface area (Å²) in [6.45, 7) is 2.35. The summed E-state index contributed by atoms with van der Waals surface area (Å²) in [4.78, 5) is 8.86. The van der Waals surface area contributed by atoms with E-state index in [1.807, 2.05) is 60.0 Å². The van der Waals surface area contributed by atoms with E-state index in [9.17, 15) is 0 Å². The minimum absolute atomic E-state index is 0.390. The molecule has 108 valence electrons. The van der Waals surface area contributed by atoms with Crippen LogP contribution in [0.4, 0.5) is 0 Å². The number of aromatic nitrogens is 4. The summed E-state index contributed by atoms with van der Waals surface area (Å²) < 4.78 is 7.75. The second-order valence-corrected chi connectivity index (χ2v) is 5.10. The van der Waals surface area contributed by atoms with Crippen molar-refractivity contribution >= 4 is 16.6 Å². The van der Waals surface area contributed by atoms with Crippen molar-refractivity contribution in [3.63, 3.8) is 0 Å². The number of para-hydroxylation sites is 1. The van der Waals surface area contributed by atoms with Crippen LogP contribution >= 0.6 is 0 Å². The van der Waals surface area contributed by atoms with E-state index in [1.165, 1.54) is 0 Å². The number of rotatable bonds is 3. The first-order valence-electron chi connectivity index (χ1n) is 7.09. The third-order valence-electron chi connectivity index (χ3n) is 3.47. The van der Waals surface area contributed by atoms with Gasteiger partial charge in [0, 0.05) is 12.3 Å². The van der Waals surface area contributed by atoms with Gasteiger partial charge in [-0.05, 0) is 31.2 Å². The van der Waals surface area contributed by atoms with Gasteiger partial charge < -0.3 is 4.74 Å². The molecule has 3 heterocycles. The summed E-state index contributed by atoms with van der Waals surface area (Å²) in [5, 5.41) is 5.43. The van der Waals surface area contributed by atoms with Gasteiger partial charge >= 0.3 is 0 Å². The Morgan fingerprint density at radius 3 is 2.82 bits per heavy atom. The molecule has 0 aliphatic heterocycles. The maximum absolute atomic E-state index is 5.91. The van der Waals surface area contributed by atoms with Gasteiger partial charge in [0.2, 0.25) is 5.88 Å². The van der Waals surface area contributed by atoms with Gasteiger partial charge in [0.05, 0.1) is 22.3 Å². The van der Waals surface area contributed by atoms with Crippen molar-refractivity contribution < 1.29 is 4.74 Å². The Morgan fingerprint density at radius 2 is 1.95 bits per heavy atom. The smallest absolute Gasteiger partial charge is 0.225 e. The first-order valence-corrected chi connectivity index (χ1v) is 7.09. The largest absolute Gasteiger partial charge is 0.471 e. The van der Waals surface area contributed by atoms with Crippen molar-refractivity contribution in [3.8, 4) is 5.88 Å². The lowest BCUT2D eigenvalue weighted by Gasteiger charge is -2.09.